The summed E-state index contributed by atoms with van der Waals surface area (Å²) in [4.78, 5) is 10.6. The van der Waals surface area contributed by atoms with Gasteiger partial charge in [0.2, 0.25) is 0 Å². The van der Waals surface area contributed by atoms with Crippen molar-refractivity contribution in [1.82, 2.24) is 0 Å². The van der Waals surface area contributed by atoms with Gasteiger partial charge >= 0.3 is 5.97 Å². The van der Waals surface area contributed by atoms with Gasteiger partial charge in [0.1, 0.15) is 17.1 Å². The number of aromatic carboxylic acids is 1. The highest BCUT2D eigenvalue weighted by Gasteiger charge is 2.11. The molecule has 0 fully saturated rings. The Hall–Kier alpha value is -2.19. The van der Waals surface area contributed by atoms with Crippen molar-refractivity contribution in [3.05, 3.63) is 23.3 Å². The molecule has 16 heavy (non-hydrogen) atoms. The largest absolute Gasteiger partial charge is 0.506 e. The van der Waals surface area contributed by atoms with Crippen LogP contribution in [-0.2, 0) is 0 Å². The molecule has 0 atom stereocenters. The molecule has 0 radical (unpaired) electrons. The number of rotatable bonds is 2. The minimum atomic E-state index is -1.23. The van der Waals surface area contributed by atoms with Crippen LogP contribution in [0.2, 0.25) is 0 Å². The lowest BCUT2D eigenvalue weighted by molar-refractivity contribution is 0.0696. The van der Waals surface area contributed by atoms with Crippen LogP contribution in [0.5, 0.6) is 11.5 Å². The van der Waals surface area contributed by atoms with Crippen molar-refractivity contribution in [3.8, 4) is 23.3 Å². The highest BCUT2D eigenvalue weighted by molar-refractivity contribution is 5.89. The number of carbonyl (C=O) groups is 1. The van der Waals surface area contributed by atoms with Crippen molar-refractivity contribution in [2.24, 2.45) is 5.73 Å². The summed E-state index contributed by atoms with van der Waals surface area (Å²) >= 11 is 0. The molecule has 0 spiro atoms. The highest BCUT2D eigenvalue weighted by atomic mass is 16.4. The number of aromatic hydroxyl groups is 2. The quantitative estimate of drug-likeness (QED) is 0.544. The van der Waals surface area contributed by atoms with Gasteiger partial charge in [0, 0.05) is 13.0 Å². The topological polar surface area (TPSA) is 104 Å². The third kappa shape index (κ3) is 2.65. The molecule has 5 N–H and O–H groups in total. The first-order valence-corrected chi connectivity index (χ1v) is 4.54. The van der Waals surface area contributed by atoms with Crippen molar-refractivity contribution < 1.29 is 20.1 Å². The van der Waals surface area contributed by atoms with E-state index in [0.717, 1.165) is 12.1 Å². The van der Waals surface area contributed by atoms with E-state index in [1.165, 1.54) is 0 Å². The van der Waals surface area contributed by atoms with Gasteiger partial charge in [-0.3, -0.25) is 0 Å². The maximum Gasteiger partial charge on any atom is 0.335 e. The van der Waals surface area contributed by atoms with Gasteiger partial charge in [0.25, 0.3) is 0 Å². The molecule has 5 nitrogen and oxygen atoms in total. The zero-order valence-electron chi connectivity index (χ0n) is 8.40. The molecule has 5 heteroatoms. The fraction of sp³-hybridized carbons (Fsp3) is 0.182. The van der Waals surface area contributed by atoms with Crippen LogP contribution in [-0.4, -0.2) is 27.8 Å². The van der Waals surface area contributed by atoms with Crippen LogP contribution in [0.4, 0.5) is 0 Å². The predicted molar refractivity (Wildman–Crippen MR) is 57.3 cm³/mol. The second kappa shape index (κ2) is 5.05. The fourth-order valence-corrected chi connectivity index (χ4v) is 1.09. The maximum atomic E-state index is 10.6. The smallest absolute Gasteiger partial charge is 0.335 e. The Morgan fingerprint density at radius 1 is 1.31 bits per heavy atom. The molecule has 0 saturated heterocycles. The first kappa shape index (κ1) is 11.9. The lowest BCUT2D eigenvalue weighted by Crippen LogP contribution is -1.97. The molecular weight excluding hydrogens is 210 g/mol. The first-order valence-electron chi connectivity index (χ1n) is 4.54. The van der Waals surface area contributed by atoms with Crippen LogP contribution >= 0.6 is 0 Å². The second-order valence-electron chi connectivity index (χ2n) is 3.04. The number of benzene rings is 1. The Kier molecular flexibility index (Phi) is 3.75. The summed E-state index contributed by atoms with van der Waals surface area (Å²) in [6.07, 6.45) is 0.430. The molecule has 0 heterocycles. The van der Waals surface area contributed by atoms with Crippen LogP contribution in [0.15, 0.2) is 12.1 Å². The summed E-state index contributed by atoms with van der Waals surface area (Å²) in [5, 5.41) is 27.6. The number of carboxylic acids is 1. The molecule has 0 unspecified atom stereocenters. The van der Waals surface area contributed by atoms with Crippen LogP contribution in [0.25, 0.3) is 0 Å². The van der Waals surface area contributed by atoms with E-state index < -0.39 is 5.97 Å². The Bertz CT molecular complexity index is 448. The average Bonchev–Trinajstić information content (AvgIpc) is 2.21. The molecule has 84 valence electrons. The van der Waals surface area contributed by atoms with Crippen molar-refractivity contribution in [2.75, 3.05) is 6.54 Å². The Labute approximate surface area is 92.1 Å². The van der Waals surface area contributed by atoms with E-state index in [1.807, 2.05) is 0 Å². The Balaban J connectivity index is 3.14. The maximum absolute atomic E-state index is 10.6. The summed E-state index contributed by atoms with van der Waals surface area (Å²) in [5.41, 5.74) is 5.04. The zero-order chi connectivity index (χ0) is 12.1. The van der Waals surface area contributed by atoms with E-state index in [2.05, 4.69) is 11.8 Å². The van der Waals surface area contributed by atoms with Crippen molar-refractivity contribution >= 4 is 5.97 Å². The summed E-state index contributed by atoms with van der Waals surface area (Å²) in [5.74, 6) is 3.22. The van der Waals surface area contributed by atoms with Gasteiger partial charge in [-0.15, -0.1) is 0 Å². The van der Waals surface area contributed by atoms with E-state index in [1.54, 1.807) is 0 Å². The summed E-state index contributed by atoms with van der Waals surface area (Å²) in [6.45, 7) is 0.377. The monoisotopic (exact) mass is 221 g/mol. The van der Waals surface area contributed by atoms with Crippen LogP contribution in [0.1, 0.15) is 22.3 Å². The first-order chi connectivity index (χ1) is 7.56. The van der Waals surface area contributed by atoms with Gasteiger partial charge < -0.3 is 21.1 Å². The molecule has 1 aromatic carbocycles. The number of nitrogens with two attached hydrogens (primary N) is 1. The average molecular weight is 221 g/mol. The molecule has 0 bridgehead atoms. The van der Waals surface area contributed by atoms with E-state index in [9.17, 15) is 15.0 Å². The third-order valence-corrected chi connectivity index (χ3v) is 1.83. The number of phenolic OH excluding ortho intramolecular Hbond substituents is 2. The fourth-order valence-electron chi connectivity index (χ4n) is 1.09. The number of carboxylic acid groups (broad SMARTS) is 1. The lowest BCUT2D eigenvalue weighted by atomic mass is 10.1. The SMILES string of the molecule is NCCC#Cc1c(O)cc(C(=O)O)cc1O. The van der Waals surface area contributed by atoms with Crippen molar-refractivity contribution in [1.29, 1.82) is 0 Å². The summed E-state index contributed by atoms with van der Waals surface area (Å²) in [6, 6.07) is 2.07. The van der Waals surface area contributed by atoms with Gasteiger partial charge in [-0.1, -0.05) is 11.8 Å². The molecule has 0 aliphatic heterocycles. The van der Waals surface area contributed by atoms with E-state index in [4.69, 9.17) is 10.8 Å². The molecule has 0 aromatic heterocycles. The van der Waals surface area contributed by atoms with Crippen LogP contribution in [0, 0.1) is 11.8 Å². The molecule has 1 rings (SSSR count). The van der Waals surface area contributed by atoms with Crippen LogP contribution in [0.3, 0.4) is 0 Å². The lowest BCUT2D eigenvalue weighted by Gasteiger charge is -2.02. The Morgan fingerprint density at radius 3 is 2.31 bits per heavy atom. The van der Waals surface area contributed by atoms with Gasteiger partial charge in [-0.2, -0.15) is 0 Å². The van der Waals surface area contributed by atoms with E-state index in [-0.39, 0.29) is 22.6 Å². The second-order valence-corrected chi connectivity index (χ2v) is 3.04. The van der Waals surface area contributed by atoms with E-state index in [0.29, 0.717) is 13.0 Å². The number of hydrogen-bond acceptors (Lipinski definition) is 4. The molecule has 0 aliphatic rings. The van der Waals surface area contributed by atoms with Gasteiger partial charge in [-0.05, 0) is 12.1 Å². The van der Waals surface area contributed by atoms with Crippen LogP contribution < -0.4 is 5.73 Å². The zero-order valence-corrected chi connectivity index (χ0v) is 8.40. The van der Waals surface area contributed by atoms with E-state index >= 15 is 0 Å². The summed E-state index contributed by atoms with van der Waals surface area (Å²) in [7, 11) is 0. The molecule has 1 aromatic rings. The molecule has 0 saturated carbocycles. The van der Waals surface area contributed by atoms with Crippen molar-refractivity contribution in [3.63, 3.8) is 0 Å². The number of phenols is 2. The summed E-state index contributed by atoms with van der Waals surface area (Å²) < 4.78 is 0. The Morgan fingerprint density at radius 2 is 1.88 bits per heavy atom. The number of hydrogen-bond donors (Lipinski definition) is 4. The normalized spacial score (nSPS) is 9.31. The van der Waals surface area contributed by atoms with Gasteiger partial charge in [-0.25, -0.2) is 4.79 Å². The standard InChI is InChI=1S/C11H11NO4/c12-4-2-1-3-8-9(13)5-7(11(15)16)6-10(8)14/h5-6,13-14H,2,4,12H2,(H,15,16). The van der Waals surface area contributed by atoms with Gasteiger partial charge in [0.05, 0.1) is 5.56 Å². The van der Waals surface area contributed by atoms with Gasteiger partial charge in [0.15, 0.2) is 0 Å². The minimum absolute atomic E-state index is 0.0125. The highest BCUT2D eigenvalue weighted by Crippen LogP contribution is 2.27. The predicted octanol–water partition coefficient (Wildman–Crippen LogP) is 0.496. The van der Waals surface area contributed by atoms with Crippen molar-refractivity contribution in [2.45, 2.75) is 6.42 Å². The molecule has 0 amide bonds. The minimum Gasteiger partial charge on any atom is -0.506 e. The molecule has 0 aliphatic carbocycles. The molecular formula is C11H11NO4. The third-order valence-electron chi connectivity index (χ3n) is 1.83.